The summed E-state index contributed by atoms with van der Waals surface area (Å²) in [6, 6.07) is 6.50. The Morgan fingerprint density at radius 2 is 1.81 bits per heavy atom. The van der Waals surface area contributed by atoms with Crippen LogP contribution in [0.25, 0.3) is 0 Å². The minimum atomic E-state index is -0.801. The molecule has 3 amide bonds. The van der Waals surface area contributed by atoms with Crippen molar-refractivity contribution in [1.82, 2.24) is 9.69 Å². The number of nitrogens with zero attached hydrogens (tertiary/aromatic N) is 2. The molecular formula is C26H37N5O4S. The van der Waals surface area contributed by atoms with Gasteiger partial charge in [-0.2, -0.15) is 4.37 Å². The number of amides is 3. The number of nitrogens with two attached hydrogens (primary N) is 2. The minimum absolute atomic E-state index is 0.0625. The molecule has 1 atom stereocenters. The molecule has 0 spiro atoms. The van der Waals surface area contributed by atoms with Crippen molar-refractivity contribution in [3.05, 3.63) is 34.8 Å². The van der Waals surface area contributed by atoms with Crippen molar-refractivity contribution >= 4 is 40.6 Å². The predicted molar refractivity (Wildman–Crippen MR) is 142 cm³/mol. The molecule has 1 aliphatic carbocycles. The van der Waals surface area contributed by atoms with Crippen LogP contribution in [0, 0.1) is 0 Å². The molecule has 1 heterocycles. The Morgan fingerprint density at radius 3 is 2.39 bits per heavy atom. The first kappa shape index (κ1) is 27.4. The number of ether oxygens (including phenoxy) is 1. The van der Waals surface area contributed by atoms with Crippen molar-refractivity contribution in [3.8, 4) is 5.75 Å². The molecule has 196 valence electrons. The number of hydrogen-bond acceptors (Lipinski definition) is 7. The van der Waals surface area contributed by atoms with E-state index >= 15 is 0 Å². The second kappa shape index (κ2) is 13.2. The van der Waals surface area contributed by atoms with Gasteiger partial charge in [0, 0.05) is 11.7 Å². The minimum Gasteiger partial charge on any atom is -0.494 e. The summed E-state index contributed by atoms with van der Waals surface area (Å²) < 4.78 is 9.77. The molecule has 10 heteroatoms. The number of hydrogen-bond donors (Lipinski definition) is 3. The van der Waals surface area contributed by atoms with E-state index in [1.54, 1.807) is 24.3 Å². The summed E-state index contributed by atoms with van der Waals surface area (Å²) >= 11 is 0.815. The zero-order valence-electron chi connectivity index (χ0n) is 21.1. The maximum absolute atomic E-state index is 13.9. The van der Waals surface area contributed by atoms with Gasteiger partial charge in [0.15, 0.2) is 5.69 Å². The Bertz CT molecular complexity index is 1030. The topological polar surface area (TPSA) is 141 Å². The first-order valence-electron chi connectivity index (χ1n) is 12.8. The van der Waals surface area contributed by atoms with E-state index in [4.69, 9.17) is 16.2 Å². The molecule has 0 aliphatic heterocycles. The summed E-state index contributed by atoms with van der Waals surface area (Å²) in [5.74, 6) is -0.789. The Labute approximate surface area is 216 Å². The van der Waals surface area contributed by atoms with Crippen molar-refractivity contribution in [3.63, 3.8) is 0 Å². The number of primary amides is 1. The lowest BCUT2D eigenvalue weighted by atomic mass is 10.0. The molecule has 0 radical (unpaired) electrons. The van der Waals surface area contributed by atoms with Crippen LogP contribution in [-0.4, -0.2) is 40.8 Å². The molecule has 9 nitrogen and oxygen atoms in total. The molecule has 2 aromatic rings. The van der Waals surface area contributed by atoms with Gasteiger partial charge >= 0.3 is 0 Å². The molecule has 1 fully saturated rings. The molecular weight excluding hydrogens is 478 g/mol. The molecule has 0 saturated heterocycles. The van der Waals surface area contributed by atoms with Gasteiger partial charge in [0.1, 0.15) is 16.7 Å². The first-order valence-corrected chi connectivity index (χ1v) is 13.6. The van der Waals surface area contributed by atoms with Crippen molar-refractivity contribution in [2.75, 3.05) is 17.2 Å². The van der Waals surface area contributed by atoms with Gasteiger partial charge in [0.25, 0.3) is 11.8 Å². The van der Waals surface area contributed by atoms with Gasteiger partial charge < -0.3 is 21.5 Å². The molecule has 0 unspecified atom stereocenters. The lowest BCUT2D eigenvalue weighted by molar-refractivity contribution is -0.123. The Balaban J connectivity index is 1.98. The molecule has 3 rings (SSSR count). The highest BCUT2D eigenvalue weighted by molar-refractivity contribution is 7.09. The van der Waals surface area contributed by atoms with E-state index < -0.39 is 17.9 Å². The number of carbonyl (C=O) groups excluding carboxylic acids is 3. The van der Waals surface area contributed by atoms with Crippen LogP contribution in [0.1, 0.15) is 91.8 Å². The molecule has 1 saturated carbocycles. The van der Waals surface area contributed by atoms with Gasteiger partial charge in [-0.05, 0) is 61.5 Å². The summed E-state index contributed by atoms with van der Waals surface area (Å²) in [5, 5.41) is 3.15. The van der Waals surface area contributed by atoms with Crippen LogP contribution in [0.3, 0.4) is 0 Å². The number of anilines is 2. The smallest absolute Gasteiger partial charge is 0.272 e. The zero-order chi connectivity index (χ0) is 26.1. The highest BCUT2D eigenvalue weighted by Crippen LogP contribution is 2.30. The Morgan fingerprint density at radius 1 is 1.14 bits per heavy atom. The third-order valence-electron chi connectivity index (χ3n) is 6.40. The fourth-order valence-electron chi connectivity index (χ4n) is 4.36. The van der Waals surface area contributed by atoms with E-state index in [1.807, 2.05) is 6.92 Å². The predicted octanol–water partition coefficient (Wildman–Crippen LogP) is 4.27. The van der Waals surface area contributed by atoms with E-state index in [-0.39, 0.29) is 28.2 Å². The molecule has 1 aromatic heterocycles. The average Bonchev–Trinajstić information content (AvgIpc) is 3.51. The van der Waals surface area contributed by atoms with Crippen LogP contribution in [0.2, 0.25) is 0 Å². The fourth-order valence-corrected chi connectivity index (χ4v) is 5.10. The van der Waals surface area contributed by atoms with Crippen LogP contribution < -0.4 is 26.4 Å². The van der Waals surface area contributed by atoms with Gasteiger partial charge in [0.05, 0.1) is 12.3 Å². The van der Waals surface area contributed by atoms with Gasteiger partial charge in [-0.3, -0.25) is 19.3 Å². The van der Waals surface area contributed by atoms with Gasteiger partial charge in [-0.25, -0.2) is 0 Å². The monoisotopic (exact) mass is 515 g/mol. The van der Waals surface area contributed by atoms with E-state index in [9.17, 15) is 14.4 Å². The molecule has 36 heavy (non-hydrogen) atoms. The Kier molecular flexibility index (Phi) is 10.1. The normalized spacial score (nSPS) is 14.4. The lowest BCUT2D eigenvalue weighted by Crippen LogP contribution is -2.51. The van der Waals surface area contributed by atoms with Crippen LogP contribution in [0.4, 0.5) is 11.4 Å². The SMILES string of the molecule is CCCCOc1ccc(N(C(=O)c2snc(C(N)=O)c2N)[C@H](CCCC)C(=O)NC2CCCC2)cc1. The summed E-state index contributed by atoms with van der Waals surface area (Å²) in [7, 11) is 0. The quantitative estimate of drug-likeness (QED) is 0.340. The second-order valence-electron chi connectivity index (χ2n) is 9.16. The third-order valence-corrected chi connectivity index (χ3v) is 7.25. The number of nitrogens with one attached hydrogen (secondary N) is 1. The highest BCUT2D eigenvalue weighted by atomic mass is 32.1. The maximum Gasteiger partial charge on any atom is 0.272 e. The van der Waals surface area contributed by atoms with Gasteiger partial charge in [-0.15, -0.1) is 0 Å². The van der Waals surface area contributed by atoms with E-state index in [1.165, 1.54) is 4.90 Å². The summed E-state index contributed by atoms with van der Waals surface area (Å²) in [4.78, 5) is 40.7. The number of rotatable bonds is 13. The van der Waals surface area contributed by atoms with Gasteiger partial charge in [0.2, 0.25) is 5.91 Å². The van der Waals surface area contributed by atoms with Crippen molar-refractivity contribution in [1.29, 1.82) is 0 Å². The molecule has 0 bridgehead atoms. The molecule has 1 aliphatic rings. The lowest BCUT2D eigenvalue weighted by Gasteiger charge is -2.32. The standard InChI is InChI=1S/C26H37N5O4S/c1-3-5-11-20(25(33)29-17-9-7-8-10-17)31(18-12-14-19(15-13-18)35-16-6-4-2)26(34)23-21(27)22(24(28)32)30-36-23/h12-15,17,20H,3-11,16,27H2,1-2H3,(H2,28,32)(H,29,33)/t20-/m1/s1. The van der Waals surface area contributed by atoms with Crippen LogP contribution in [-0.2, 0) is 4.79 Å². The number of aromatic nitrogens is 1. The maximum atomic E-state index is 13.9. The van der Waals surface area contributed by atoms with Crippen LogP contribution in [0.5, 0.6) is 5.75 Å². The number of nitrogen functional groups attached to an aromatic ring is 1. The van der Waals surface area contributed by atoms with E-state index in [0.29, 0.717) is 24.5 Å². The Hall–Kier alpha value is -3.14. The van der Waals surface area contributed by atoms with E-state index in [2.05, 4.69) is 16.6 Å². The summed E-state index contributed by atoms with van der Waals surface area (Å²) in [6.45, 7) is 4.74. The van der Waals surface area contributed by atoms with Crippen molar-refractivity contribution < 1.29 is 19.1 Å². The van der Waals surface area contributed by atoms with Crippen molar-refractivity contribution in [2.45, 2.75) is 83.7 Å². The number of benzene rings is 1. The second-order valence-corrected chi connectivity index (χ2v) is 9.93. The molecule has 5 N–H and O–H groups in total. The first-order chi connectivity index (χ1) is 17.4. The third kappa shape index (κ3) is 6.75. The van der Waals surface area contributed by atoms with Gasteiger partial charge in [-0.1, -0.05) is 46.0 Å². The fraction of sp³-hybridized carbons (Fsp3) is 0.538. The van der Waals surface area contributed by atoms with Crippen LogP contribution >= 0.6 is 11.5 Å². The van der Waals surface area contributed by atoms with E-state index in [0.717, 1.165) is 62.9 Å². The number of unbranched alkanes of at least 4 members (excludes halogenated alkanes) is 2. The molecule has 1 aromatic carbocycles. The largest absolute Gasteiger partial charge is 0.494 e. The zero-order valence-corrected chi connectivity index (χ0v) is 21.9. The number of carbonyl (C=O) groups is 3. The highest BCUT2D eigenvalue weighted by Gasteiger charge is 2.35. The van der Waals surface area contributed by atoms with Crippen LogP contribution in [0.15, 0.2) is 24.3 Å². The van der Waals surface area contributed by atoms with Crippen molar-refractivity contribution in [2.24, 2.45) is 5.73 Å². The average molecular weight is 516 g/mol. The summed E-state index contributed by atoms with van der Waals surface area (Å²) in [6.07, 6.45) is 8.13. The summed E-state index contributed by atoms with van der Waals surface area (Å²) in [5.41, 5.74) is 11.8.